The first-order valence-electron chi connectivity index (χ1n) is 6.72. The topological polar surface area (TPSA) is 50.9 Å². The van der Waals surface area contributed by atoms with E-state index in [9.17, 15) is 0 Å². The fourth-order valence-electron chi connectivity index (χ4n) is 2.15. The summed E-state index contributed by atoms with van der Waals surface area (Å²) in [5.74, 6) is 0.571. The van der Waals surface area contributed by atoms with Gasteiger partial charge in [0.05, 0.1) is 10.7 Å². The Hall–Kier alpha value is -0.450. The van der Waals surface area contributed by atoms with Gasteiger partial charge in [0.15, 0.2) is 0 Å². The van der Waals surface area contributed by atoms with E-state index in [1.807, 2.05) is 0 Å². The number of rotatable bonds is 7. The highest BCUT2D eigenvalue weighted by atomic mass is 32.1. The molecule has 0 aromatic carbocycles. The summed E-state index contributed by atoms with van der Waals surface area (Å²) < 4.78 is 0. The first-order chi connectivity index (χ1) is 8.40. The van der Waals surface area contributed by atoms with Gasteiger partial charge in [-0.25, -0.2) is 4.98 Å². The summed E-state index contributed by atoms with van der Waals surface area (Å²) in [4.78, 5) is 4.46. The first kappa shape index (κ1) is 15.6. The fourth-order valence-corrected chi connectivity index (χ4v) is 2.80. The summed E-state index contributed by atoms with van der Waals surface area (Å²) >= 11 is 1.72. The van der Waals surface area contributed by atoms with Gasteiger partial charge < -0.3 is 11.1 Å². The van der Waals surface area contributed by atoms with Crippen LogP contribution in [-0.4, -0.2) is 24.6 Å². The molecule has 0 aliphatic heterocycles. The second kappa shape index (κ2) is 7.22. The van der Waals surface area contributed by atoms with Crippen molar-refractivity contribution >= 4 is 11.3 Å². The average Bonchev–Trinajstić information content (AvgIpc) is 2.67. The first-order valence-corrected chi connectivity index (χ1v) is 7.60. The van der Waals surface area contributed by atoms with Crippen LogP contribution in [0.2, 0.25) is 0 Å². The van der Waals surface area contributed by atoms with E-state index in [1.54, 1.807) is 11.3 Å². The molecule has 104 valence electrons. The Labute approximate surface area is 115 Å². The quantitative estimate of drug-likeness (QED) is 0.748. The summed E-state index contributed by atoms with van der Waals surface area (Å²) in [5.41, 5.74) is 7.38. The predicted molar refractivity (Wildman–Crippen MR) is 80.0 cm³/mol. The summed E-state index contributed by atoms with van der Waals surface area (Å²) in [6, 6.07) is 0. The highest BCUT2D eigenvalue weighted by Crippen LogP contribution is 2.23. The molecule has 1 heterocycles. The van der Waals surface area contributed by atoms with Crippen molar-refractivity contribution in [3.8, 4) is 0 Å². The summed E-state index contributed by atoms with van der Waals surface area (Å²) in [7, 11) is 0. The van der Waals surface area contributed by atoms with Crippen LogP contribution in [0.4, 0.5) is 0 Å². The maximum atomic E-state index is 5.83. The van der Waals surface area contributed by atoms with Crippen molar-refractivity contribution in [2.75, 3.05) is 19.6 Å². The van der Waals surface area contributed by atoms with Gasteiger partial charge in [-0.1, -0.05) is 20.8 Å². The zero-order valence-corrected chi connectivity index (χ0v) is 12.9. The molecule has 0 aliphatic rings. The minimum atomic E-state index is 0.359. The predicted octanol–water partition coefficient (Wildman–Crippen LogP) is 2.59. The number of nitrogens with zero attached hydrogens (tertiary/aromatic N) is 1. The smallest absolute Gasteiger partial charge is 0.0897 e. The van der Waals surface area contributed by atoms with Crippen LogP contribution >= 0.6 is 11.3 Å². The van der Waals surface area contributed by atoms with E-state index in [4.69, 9.17) is 5.73 Å². The Morgan fingerprint density at radius 3 is 2.67 bits per heavy atom. The Morgan fingerprint density at radius 1 is 1.44 bits per heavy atom. The normalized spacial score (nSPS) is 13.8. The third-order valence-electron chi connectivity index (χ3n) is 2.89. The van der Waals surface area contributed by atoms with Crippen LogP contribution in [-0.2, 0) is 6.42 Å². The Morgan fingerprint density at radius 2 is 2.17 bits per heavy atom. The Bertz CT molecular complexity index is 341. The van der Waals surface area contributed by atoms with Crippen LogP contribution in [0.5, 0.6) is 0 Å². The summed E-state index contributed by atoms with van der Waals surface area (Å²) in [5, 5.41) is 6.80. The zero-order chi connectivity index (χ0) is 13.6. The molecule has 3 N–H and O–H groups in total. The van der Waals surface area contributed by atoms with Gasteiger partial charge >= 0.3 is 0 Å². The van der Waals surface area contributed by atoms with E-state index in [2.05, 4.69) is 43.4 Å². The van der Waals surface area contributed by atoms with Gasteiger partial charge in [-0.2, -0.15) is 0 Å². The van der Waals surface area contributed by atoms with Gasteiger partial charge in [0.1, 0.15) is 0 Å². The lowest BCUT2D eigenvalue weighted by Crippen LogP contribution is -2.32. The van der Waals surface area contributed by atoms with Crippen molar-refractivity contribution in [2.24, 2.45) is 17.1 Å². The largest absolute Gasteiger partial charge is 0.330 e. The molecule has 18 heavy (non-hydrogen) atoms. The van der Waals surface area contributed by atoms with Crippen molar-refractivity contribution in [3.05, 3.63) is 16.1 Å². The lowest BCUT2D eigenvalue weighted by molar-refractivity contribution is 0.290. The number of aromatic nitrogens is 1. The standard InChI is InChI=1S/C14H27N3S/c1-11-17-13(10-18-11)5-6-16-9-12(8-15)7-14(2,3)4/h10,12,16H,5-9,15H2,1-4H3. The molecule has 0 saturated heterocycles. The molecule has 0 fully saturated rings. The Balaban J connectivity index is 2.19. The van der Waals surface area contributed by atoms with Crippen LogP contribution in [0.25, 0.3) is 0 Å². The molecule has 0 spiro atoms. The van der Waals surface area contributed by atoms with E-state index >= 15 is 0 Å². The van der Waals surface area contributed by atoms with Crippen LogP contribution in [0.1, 0.15) is 37.9 Å². The second-order valence-electron chi connectivity index (χ2n) is 6.18. The number of hydrogen-bond donors (Lipinski definition) is 2. The van der Waals surface area contributed by atoms with Crippen molar-refractivity contribution < 1.29 is 0 Å². The van der Waals surface area contributed by atoms with Gasteiger partial charge in [0, 0.05) is 18.3 Å². The highest BCUT2D eigenvalue weighted by Gasteiger charge is 2.17. The van der Waals surface area contributed by atoms with Crippen LogP contribution in [0.15, 0.2) is 5.38 Å². The lowest BCUT2D eigenvalue weighted by Gasteiger charge is -2.25. The summed E-state index contributed by atoms with van der Waals surface area (Å²) in [6.45, 7) is 11.6. The van der Waals surface area contributed by atoms with Crippen molar-refractivity contribution in [3.63, 3.8) is 0 Å². The van der Waals surface area contributed by atoms with E-state index in [1.165, 1.54) is 12.1 Å². The molecule has 1 rings (SSSR count). The lowest BCUT2D eigenvalue weighted by atomic mass is 9.84. The highest BCUT2D eigenvalue weighted by molar-refractivity contribution is 7.09. The molecule has 0 amide bonds. The molecule has 0 saturated carbocycles. The Kier molecular flexibility index (Phi) is 6.26. The number of aryl methyl sites for hydroxylation is 1. The maximum Gasteiger partial charge on any atom is 0.0897 e. The molecule has 0 bridgehead atoms. The van der Waals surface area contributed by atoms with Crippen LogP contribution < -0.4 is 11.1 Å². The van der Waals surface area contributed by atoms with Crippen molar-refractivity contribution in [2.45, 2.75) is 40.5 Å². The molecular weight excluding hydrogens is 242 g/mol. The number of nitrogens with one attached hydrogen (secondary N) is 1. The third kappa shape index (κ3) is 6.47. The van der Waals surface area contributed by atoms with Gasteiger partial charge in [0.25, 0.3) is 0 Å². The maximum absolute atomic E-state index is 5.83. The SMILES string of the molecule is Cc1nc(CCNCC(CN)CC(C)(C)C)cs1. The zero-order valence-electron chi connectivity index (χ0n) is 12.1. The molecule has 0 aliphatic carbocycles. The van der Waals surface area contributed by atoms with Crippen LogP contribution in [0, 0.1) is 18.3 Å². The molecule has 1 unspecified atom stereocenters. The third-order valence-corrected chi connectivity index (χ3v) is 3.71. The number of nitrogens with two attached hydrogens (primary N) is 1. The van der Waals surface area contributed by atoms with Crippen molar-refractivity contribution in [1.29, 1.82) is 0 Å². The van der Waals surface area contributed by atoms with Crippen molar-refractivity contribution in [1.82, 2.24) is 10.3 Å². The molecule has 0 radical (unpaired) electrons. The van der Waals surface area contributed by atoms with E-state index in [0.717, 1.165) is 31.1 Å². The molecule has 1 aromatic heterocycles. The molecule has 1 aromatic rings. The van der Waals surface area contributed by atoms with Gasteiger partial charge in [-0.3, -0.25) is 0 Å². The van der Waals surface area contributed by atoms with Gasteiger partial charge in [-0.05, 0) is 37.8 Å². The minimum absolute atomic E-state index is 0.359. The van der Waals surface area contributed by atoms with Gasteiger partial charge in [-0.15, -0.1) is 11.3 Å². The molecule has 4 heteroatoms. The number of hydrogen-bond acceptors (Lipinski definition) is 4. The molecular formula is C14H27N3S. The van der Waals surface area contributed by atoms with Gasteiger partial charge in [0.2, 0.25) is 0 Å². The van der Waals surface area contributed by atoms with Crippen LogP contribution in [0.3, 0.4) is 0 Å². The van der Waals surface area contributed by atoms with E-state index in [-0.39, 0.29) is 0 Å². The second-order valence-corrected chi connectivity index (χ2v) is 7.24. The van der Waals surface area contributed by atoms with E-state index in [0.29, 0.717) is 11.3 Å². The molecule has 3 nitrogen and oxygen atoms in total. The fraction of sp³-hybridized carbons (Fsp3) is 0.786. The monoisotopic (exact) mass is 269 g/mol. The molecule has 1 atom stereocenters. The van der Waals surface area contributed by atoms with E-state index < -0.39 is 0 Å². The average molecular weight is 269 g/mol. The summed E-state index contributed by atoms with van der Waals surface area (Å²) in [6.07, 6.45) is 2.18. The minimum Gasteiger partial charge on any atom is -0.330 e. The number of thiazole rings is 1.